The van der Waals surface area contributed by atoms with E-state index in [-0.39, 0.29) is 10.9 Å². The van der Waals surface area contributed by atoms with Crippen LogP contribution in [0.1, 0.15) is 50.6 Å². The standard InChI is InChI=1S/C16H24N2O3S/c1-12(18-14-5-3-2-4-6-14)13-7-9-15(10-8-13)22(20,21)11-16(17)19/h7-10,12,14,18H,2-6,11H2,1H3,(H2,17,19). The number of benzene rings is 1. The highest BCUT2D eigenvalue weighted by Gasteiger charge is 2.19. The summed E-state index contributed by atoms with van der Waals surface area (Å²) < 4.78 is 23.8. The molecule has 122 valence electrons. The molecule has 0 aliphatic heterocycles. The number of carbonyl (C=O) groups excluding carboxylic acids is 1. The average molecular weight is 324 g/mol. The molecule has 5 nitrogen and oxygen atoms in total. The maximum Gasteiger partial charge on any atom is 0.233 e. The van der Waals surface area contributed by atoms with Crippen LogP contribution in [0.2, 0.25) is 0 Å². The van der Waals surface area contributed by atoms with Crippen molar-refractivity contribution >= 4 is 15.7 Å². The second kappa shape index (κ2) is 7.24. The summed E-state index contributed by atoms with van der Waals surface area (Å²) in [6, 6.07) is 7.42. The summed E-state index contributed by atoms with van der Waals surface area (Å²) in [7, 11) is -3.62. The highest BCUT2D eigenvalue weighted by Crippen LogP contribution is 2.22. The van der Waals surface area contributed by atoms with Crippen LogP contribution in [0.25, 0.3) is 0 Å². The van der Waals surface area contributed by atoms with Gasteiger partial charge in [-0.1, -0.05) is 31.4 Å². The first-order valence-electron chi connectivity index (χ1n) is 7.75. The average Bonchev–Trinajstić information content (AvgIpc) is 2.47. The summed E-state index contributed by atoms with van der Waals surface area (Å²) in [5.74, 6) is -1.49. The smallest absolute Gasteiger partial charge is 0.233 e. The van der Waals surface area contributed by atoms with Crippen LogP contribution in [0.15, 0.2) is 29.2 Å². The molecule has 0 spiro atoms. The lowest BCUT2D eigenvalue weighted by Crippen LogP contribution is -2.33. The van der Waals surface area contributed by atoms with Gasteiger partial charge in [-0.25, -0.2) is 8.42 Å². The Hall–Kier alpha value is -1.40. The number of hydrogen-bond donors (Lipinski definition) is 2. The van der Waals surface area contributed by atoms with E-state index in [1.165, 1.54) is 32.1 Å². The Bertz CT molecular complexity index is 605. The predicted molar refractivity (Wildman–Crippen MR) is 86.1 cm³/mol. The zero-order valence-electron chi connectivity index (χ0n) is 12.9. The van der Waals surface area contributed by atoms with Gasteiger partial charge in [-0.05, 0) is 37.5 Å². The van der Waals surface area contributed by atoms with E-state index in [0.717, 1.165) is 5.56 Å². The van der Waals surface area contributed by atoms with Crippen molar-refractivity contribution in [2.75, 3.05) is 5.75 Å². The van der Waals surface area contributed by atoms with Crippen molar-refractivity contribution in [3.05, 3.63) is 29.8 Å². The minimum atomic E-state index is -3.62. The molecule has 1 atom stereocenters. The number of amides is 1. The molecule has 1 fully saturated rings. The van der Waals surface area contributed by atoms with E-state index in [9.17, 15) is 13.2 Å². The number of sulfone groups is 1. The minimum absolute atomic E-state index is 0.139. The molecular weight excluding hydrogens is 300 g/mol. The predicted octanol–water partition coefficient (Wildman–Crippen LogP) is 1.93. The van der Waals surface area contributed by atoms with Gasteiger partial charge in [0.1, 0.15) is 5.75 Å². The van der Waals surface area contributed by atoms with Crippen LogP contribution in [0, 0.1) is 0 Å². The Labute approximate surface area is 132 Å². The van der Waals surface area contributed by atoms with Crippen molar-refractivity contribution in [3.63, 3.8) is 0 Å². The largest absolute Gasteiger partial charge is 0.369 e. The highest BCUT2D eigenvalue weighted by atomic mass is 32.2. The van der Waals surface area contributed by atoms with E-state index >= 15 is 0 Å². The van der Waals surface area contributed by atoms with Gasteiger partial charge in [0, 0.05) is 12.1 Å². The quantitative estimate of drug-likeness (QED) is 0.836. The third-order valence-corrected chi connectivity index (χ3v) is 5.82. The molecule has 1 unspecified atom stereocenters. The van der Waals surface area contributed by atoms with Crippen LogP contribution >= 0.6 is 0 Å². The van der Waals surface area contributed by atoms with E-state index in [4.69, 9.17) is 5.73 Å². The molecule has 6 heteroatoms. The van der Waals surface area contributed by atoms with Crippen molar-refractivity contribution < 1.29 is 13.2 Å². The van der Waals surface area contributed by atoms with Crippen LogP contribution in [0.5, 0.6) is 0 Å². The van der Waals surface area contributed by atoms with E-state index in [0.29, 0.717) is 6.04 Å². The summed E-state index contributed by atoms with van der Waals surface area (Å²) in [4.78, 5) is 11.0. The van der Waals surface area contributed by atoms with E-state index in [1.54, 1.807) is 24.3 Å². The Morgan fingerprint density at radius 2 is 1.82 bits per heavy atom. The molecule has 1 aliphatic rings. The molecule has 1 aliphatic carbocycles. The lowest BCUT2D eigenvalue weighted by Gasteiger charge is -2.27. The Morgan fingerprint density at radius 3 is 2.36 bits per heavy atom. The van der Waals surface area contributed by atoms with Gasteiger partial charge in [-0.3, -0.25) is 4.79 Å². The Balaban J connectivity index is 2.03. The molecule has 2 rings (SSSR count). The maximum atomic E-state index is 11.9. The molecule has 0 bridgehead atoms. The maximum absolute atomic E-state index is 11.9. The first kappa shape index (κ1) is 17.0. The van der Waals surface area contributed by atoms with Crippen molar-refractivity contribution in [1.29, 1.82) is 0 Å². The van der Waals surface area contributed by atoms with Crippen molar-refractivity contribution in [3.8, 4) is 0 Å². The van der Waals surface area contributed by atoms with Crippen molar-refractivity contribution in [2.24, 2.45) is 5.73 Å². The zero-order chi connectivity index (χ0) is 16.2. The van der Waals surface area contributed by atoms with Crippen molar-refractivity contribution in [2.45, 2.75) is 56.0 Å². The molecule has 1 amide bonds. The normalized spacial score (nSPS) is 18.0. The lowest BCUT2D eigenvalue weighted by atomic mass is 9.94. The van der Waals surface area contributed by atoms with E-state index < -0.39 is 21.5 Å². The third kappa shape index (κ3) is 4.55. The SMILES string of the molecule is CC(NC1CCCCC1)c1ccc(S(=O)(=O)CC(N)=O)cc1. The fourth-order valence-corrected chi connectivity index (χ4v) is 4.05. The third-order valence-electron chi connectivity index (χ3n) is 4.16. The van der Waals surface area contributed by atoms with Crippen LogP contribution in [0.3, 0.4) is 0 Å². The van der Waals surface area contributed by atoms with Gasteiger partial charge < -0.3 is 11.1 Å². The fraction of sp³-hybridized carbons (Fsp3) is 0.562. The number of nitrogens with two attached hydrogens (primary N) is 1. The van der Waals surface area contributed by atoms with E-state index in [1.807, 2.05) is 0 Å². The second-order valence-corrected chi connectivity index (χ2v) is 8.01. The minimum Gasteiger partial charge on any atom is -0.369 e. The van der Waals surface area contributed by atoms with Crippen LogP contribution < -0.4 is 11.1 Å². The first-order valence-corrected chi connectivity index (χ1v) is 9.41. The molecule has 22 heavy (non-hydrogen) atoms. The highest BCUT2D eigenvalue weighted by molar-refractivity contribution is 7.92. The molecule has 1 aromatic carbocycles. The number of primary amides is 1. The lowest BCUT2D eigenvalue weighted by molar-refractivity contribution is -0.115. The van der Waals surface area contributed by atoms with E-state index in [2.05, 4.69) is 12.2 Å². The summed E-state index contributed by atoms with van der Waals surface area (Å²) in [5, 5.41) is 3.60. The summed E-state index contributed by atoms with van der Waals surface area (Å²) in [5.41, 5.74) is 6.02. The van der Waals surface area contributed by atoms with Crippen molar-refractivity contribution in [1.82, 2.24) is 5.32 Å². The number of hydrogen-bond acceptors (Lipinski definition) is 4. The van der Waals surface area contributed by atoms with Crippen LogP contribution in [0.4, 0.5) is 0 Å². The molecule has 1 aromatic rings. The van der Waals surface area contributed by atoms with Gasteiger partial charge >= 0.3 is 0 Å². The first-order chi connectivity index (χ1) is 10.4. The summed E-state index contributed by atoms with van der Waals surface area (Å²) in [6.45, 7) is 2.08. The molecule has 0 saturated heterocycles. The summed E-state index contributed by atoms with van der Waals surface area (Å²) in [6.07, 6.45) is 6.27. The Morgan fingerprint density at radius 1 is 1.23 bits per heavy atom. The summed E-state index contributed by atoms with van der Waals surface area (Å²) >= 11 is 0. The molecule has 1 saturated carbocycles. The molecule has 0 radical (unpaired) electrons. The number of nitrogens with one attached hydrogen (secondary N) is 1. The van der Waals surface area contributed by atoms with Gasteiger partial charge in [-0.2, -0.15) is 0 Å². The fourth-order valence-electron chi connectivity index (χ4n) is 2.95. The van der Waals surface area contributed by atoms with Gasteiger partial charge in [-0.15, -0.1) is 0 Å². The second-order valence-electron chi connectivity index (χ2n) is 6.02. The van der Waals surface area contributed by atoms with Gasteiger partial charge in [0.25, 0.3) is 0 Å². The van der Waals surface area contributed by atoms with Gasteiger partial charge in [0.05, 0.1) is 4.90 Å². The molecule has 0 aromatic heterocycles. The van der Waals surface area contributed by atoms with Crippen LogP contribution in [-0.4, -0.2) is 26.1 Å². The van der Waals surface area contributed by atoms with Gasteiger partial charge in [0.15, 0.2) is 9.84 Å². The molecule has 0 heterocycles. The zero-order valence-corrected chi connectivity index (χ0v) is 13.7. The Kier molecular flexibility index (Phi) is 5.58. The molecule has 3 N–H and O–H groups in total. The van der Waals surface area contributed by atoms with Crippen LogP contribution in [-0.2, 0) is 14.6 Å². The number of rotatable bonds is 6. The molecular formula is C16H24N2O3S. The monoisotopic (exact) mass is 324 g/mol. The van der Waals surface area contributed by atoms with Gasteiger partial charge in [0.2, 0.25) is 5.91 Å². The number of carbonyl (C=O) groups is 1. The topological polar surface area (TPSA) is 89.3 Å².